The van der Waals surface area contributed by atoms with Gasteiger partial charge in [0.1, 0.15) is 19.3 Å². The van der Waals surface area contributed by atoms with E-state index in [0.29, 0.717) is 23.9 Å². The number of rotatable bonds is 54. The maximum absolute atomic E-state index is 13.5. The molecule has 1 N–H and O–H groups in total. The van der Waals surface area contributed by atoms with E-state index < -0.39 is 26.6 Å². The Hall–Kier alpha value is -3.07. The van der Waals surface area contributed by atoms with Gasteiger partial charge in [0, 0.05) is 12.8 Å². The highest BCUT2D eigenvalue weighted by Gasteiger charge is 2.27. The molecular weight excluding hydrogens is 952 g/mol. The summed E-state index contributed by atoms with van der Waals surface area (Å²) < 4.78 is 30.3. The Kier molecular flexibility index (Phi) is 52.1. The Morgan fingerprint density at radius 3 is 1.41 bits per heavy atom. The normalized spacial score (nSPS) is 14.4. The van der Waals surface area contributed by atoms with Crippen molar-refractivity contribution in [3.05, 3.63) is 97.2 Å². The van der Waals surface area contributed by atoms with Crippen LogP contribution in [0.5, 0.6) is 0 Å². The smallest absolute Gasteiger partial charge is 0.306 e. The van der Waals surface area contributed by atoms with E-state index in [1.165, 1.54) is 103 Å². The van der Waals surface area contributed by atoms with Gasteiger partial charge in [0.15, 0.2) is 0 Å². The van der Waals surface area contributed by atoms with Gasteiger partial charge in [-0.1, -0.05) is 240 Å². The zero-order valence-corrected chi connectivity index (χ0v) is 50.1. The number of allylic oxidation sites excluding steroid dienone is 15. The van der Waals surface area contributed by atoms with Gasteiger partial charge in [-0.3, -0.25) is 14.2 Å². The van der Waals surface area contributed by atoms with Crippen LogP contribution >= 0.6 is 7.82 Å². The van der Waals surface area contributed by atoms with Crippen molar-refractivity contribution in [2.24, 2.45) is 0 Å². The van der Waals surface area contributed by atoms with Crippen molar-refractivity contribution < 1.29 is 37.3 Å². The van der Waals surface area contributed by atoms with Gasteiger partial charge in [0.2, 0.25) is 5.91 Å². The molecule has 0 rings (SSSR count). The van der Waals surface area contributed by atoms with Crippen molar-refractivity contribution >= 4 is 19.7 Å². The van der Waals surface area contributed by atoms with Crippen LogP contribution in [0.25, 0.3) is 0 Å². The molecule has 3 atom stereocenters. The second kappa shape index (κ2) is 54.3. The zero-order valence-electron chi connectivity index (χ0n) is 49.2. The van der Waals surface area contributed by atoms with Crippen LogP contribution in [0.3, 0.4) is 0 Å². The Morgan fingerprint density at radius 2 is 0.907 bits per heavy atom. The monoisotopic (exact) mass is 1070 g/mol. The number of esters is 1. The highest BCUT2D eigenvalue weighted by atomic mass is 31.2. The number of hydrogen-bond donors (Lipinski definition) is 1. The molecule has 0 aliphatic heterocycles. The number of quaternary nitrogens is 1. The second-order valence-electron chi connectivity index (χ2n) is 21.5. The summed E-state index contributed by atoms with van der Waals surface area (Å²) in [5, 5.41) is 3.01. The van der Waals surface area contributed by atoms with Gasteiger partial charge in [0.05, 0.1) is 33.8 Å². The van der Waals surface area contributed by atoms with Gasteiger partial charge in [-0.25, -0.2) is 0 Å². The van der Waals surface area contributed by atoms with Gasteiger partial charge in [-0.05, 0) is 96.0 Å². The number of unbranched alkanes of at least 4 members (excludes halogenated alkanes) is 26. The lowest BCUT2D eigenvalue weighted by atomic mass is 10.0. The van der Waals surface area contributed by atoms with E-state index in [-0.39, 0.29) is 24.9 Å². The molecule has 0 aliphatic carbocycles. The van der Waals surface area contributed by atoms with E-state index in [1.807, 2.05) is 39.4 Å². The summed E-state index contributed by atoms with van der Waals surface area (Å²) >= 11 is 0. The van der Waals surface area contributed by atoms with Crippen molar-refractivity contribution in [1.82, 2.24) is 5.32 Å². The molecule has 10 heteroatoms. The standard InChI is InChI=1S/C65H115N2O7P/c1-7-10-13-16-19-22-25-28-29-30-31-32-33-34-35-36-37-40-42-45-48-51-54-57-64(68)66-62(61-73-75(70,71)72-60-59-67(4,5)6)63(56-53-50-47-44-41-38-26-23-20-17-14-11-8-2)74-65(69)58-55-52-49-46-43-39-27-24-21-18-15-12-9-3/h12,15,18-19,21-22,24,27-29,31-32,34-35,53,56,62-63H,7-11,13-14,16-17,20,23,25-26,30,33,36-52,54-55,57-61H2,1-6H3,(H-,66,68,70,71)/b15-12+,21-18+,22-19-,27-24-,29-28-,32-31-,35-34-,56-53-. The molecule has 0 aromatic rings. The fraction of sp³-hybridized carbons (Fsp3) is 0.723. The van der Waals surface area contributed by atoms with Gasteiger partial charge < -0.3 is 28.5 Å². The van der Waals surface area contributed by atoms with Crippen molar-refractivity contribution in [1.29, 1.82) is 0 Å². The quantitative estimate of drug-likeness (QED) is 0.0161. The van der Waals surface area contributed by atoms with Crippen molar-refractivity contribution in [3.63, 3.8) is 0 Å². The van der Waals surface area contributed by atoms with E-state index in [0.717, 1.165) is 109 Å². The van der Waals surface area contributed by atoms with Crippen LogP contribution < -0.4 is 10.2 Å². The molecule has 0 fully saturated rings. The first-order chi connectivity index (χ1) is 36.4. The first-order valence-corrected chi connectivity index (χ1v) is 32.0. The third-order valence-corrected chi connectivity index (χ3v) is 14.0. The maximum Gasteiger partial charge on any atom is 0.306 e. The van der Waals surface area contributed by atoms with Crippen LogP contribution in [-0.2, 0) is 27.9 Å². The van der Waals surface area contributed by atoms with Gasteiger partial charge in [-0.15, -0.1) is 0 Å². The van der Waals surface area contributed by atoms with Crippen LogP contribution in [0.1, 0.15) is 252 Å². The molecule has 0 spiro atoms. The average Bonchev–Trinajstić information content (AvgIpc) is 3.37. The predicted molar refractivity (Wildman–Crippen MR) is 321 cm³/mol. The van der Waals surface area contributed by atoms with Gasteiger partial charge >= 0.3 is 5.97 Å². The van der Waals surface area contributed by atoms with Crippen LogP contribution in [0.2, 0.25) is 0 Å². The third-order valence-electron chi connectivity index (χ3n) is 13.1. The molecule has 432 valence electrons. The molecule has 0 aromatic heterocycles. The minimum Gasteiger partial charge on any atom is -0.756 e. The molecule has 0 saturated carbocycles. The lowest BCUT2D eigenvalue weighted by Crippen LogP contribution is -2.47. The van der Waals surface area contributed by atoms with Crippen molar-refractivity contribution in [2.45, 2.75) is 264 Å². The van der Waals surface area contributed by atoms with E-state index in [2.05, 4.69) is 105 Å². The third kappa shape index (κ3) is 55.5. The van der Waals surface area contributed by atoms with Crippen LogP contribution in [0.4, 0.5) is 0 Å². The highest BCUT2D eigenvalue weighted by molar-refractivity contribution is 7.45. The maximum atomic E-state index is 13.5. The SMILES string of the molecule is CC/C=C/C=C/C=C\CCCCCCCC(=O)OC(/C=C\CCCCCCCCCCCCC)C(COP(=O)([O-])OCC[N+](C)(C)C)NC(=O)CCCCCCCCC/C=C\C/C=C\C/C=C\C/C=C\CCCCC. The lowest BCUT2D eigenvalue weighted by molar-refractivity contribution is -0.870. The Bertz CT molecular complexity index is 1610. The molecule has 0 radical (unpaired) electrons. The fourth-order valence-corrected chi connectivity index (χ4v) is 9.05. The molecule has 75 heavy (non-hydrogen) atoms. The summed E-state index contributed by atoms with van der Waals surface area (Å²) in [6.07, 6.45) is 72.3. The summed E-state index contributed by atoms with van der Waals surface area (Å²) in [4.78, 5) is 39.9. The number of phosphoric ester groups is 1. The molecule has 9 nitrogen and oxygen atoms in total. The molecule has 3 unspecified atom stereocenters. The molecule has 0 heterocycles. The summed E-state index contributed by atoms with van der Waals surface area (Å²) in [6.45, 7) is 6.65. The average molecular weight is 1070 g/mol. The number of likely N-dealkylation sites (N-methyl/N-ethyl adjacent to an activating group) is 1. The molecule has 0 aliphatic rings. The lowest BCUT2D eigenvalue weighted by Gasteiger charge is -2.30. The predicted octanol–water partition coefficient (Wildman–Crippen LogP) is 18.1. The first kappa shape index (κ1) is 71.9. The van der Waals surface area contributed by atoms with E-state index in [1.54, 1.807) is 0 Å². The van der Waals surface area contributed by atoms with Gasteiger partial charge in [0.25, 0.3) is 7.82 Å². The Balaban J connectivity index is 5.28. The number of carbonyl (C=O) groups is 2. The topological polar surface area (TPSA) is 114 Å². The second-order valence-corrected chi connectivity index (χ2v) is 22.9. The number of nitrogens with one attached hydrogen (secondary N) is 1. The number of nitrogens with zero attached hydrogens (tertiary/aromatic N) is 1. The van der Waals surface area contributed by atoms with Crippen LogP contribution in [0, 0.1) is 0 Å². The minimum absolute atomic E-state index is 0.0328. The largest absolute Gasteiger partial charge is 0.756 e. The summed E-state index contributed by atoms with van der Waals surface area (Å²) in [5.41, 5.74) is 0. The highest BCUT2D eigenvalue weighted by Crippen LogP contribution is 2.38. The first-order valence-electron chi connectivity index (χ1n) is 30.6. The van der Waals surface area contributed by atoms with E-state index in [9.17, 15) is 19.0 Å². The number of ether oxygens (including phenoxy) is 1. The van der Waals surface area contributed by atoms with Crippen LogP contribution in [-0.4, -0.2) is 69.4 Å². The van der Waals surface area contributed by atoms with Crippen molar-refractivity contribution in [3.8, 4) is 0 Å². The fourth-order valence-electron chi connectivity index (χ4n) is 8.33. The Morgan fingerprint density at radius 1 is 0.493 bits per heavy atom. The molecule has 0 saturated heterocycles. The van der Waals surface area contributed by atoms with E-state index in [4.69, 9.17) is 13.8 Å². The molecule has 0 aromatic carbocycles. The zero-order chi connectivity index (χ0) is 55.0. The summed E-state index contributed by atoms with van der Waals surface area (Å²) in [5.74, 6) is -0.581. The molecule has 0 bridgehead atoms. The number of amides is 1. The Labute approximate surface area is 462 Å². The molecule has 1 amide bonds. The van der Waals surface area contributed by atoms with Gasteiger partial charge in [-0.2, -0.15) is 0 Å². The minimum atomic E-state index is -4.71. The van der Waals surface area contributed by atoms with Crippen molar-refractivity contribution in [2.75, 3.05) is 40.9 Å². The molecular formula is C65H115N2O7P. The number of hydrogen-bond acceptors (Lipinski definition) is 7. The number of carbonyl (C=O) groups excluding carboxylic acids is 2. The number of phosphoric acid groups is 1. The van der Waals surface area contributed by atoms with Crippen LogP contribution in [0.15, 0.2) is 97.2 Å². The summed E-state index contributed by atoms with van der Waals surface area (Å²) in [7, 11) is 1.15. The van der Waals surface area contributed by atoms with E-state index >= 15 is 0 Å². The summed E-state index contributed by atoms with van der Waals surface area (Å²) in [6, 6.07) is -0.908.